The molecule has 1 aliphatic carbocycles. The van der Waals surface area contributed by atoms with Crippen molar-refractivity contribution in [2.24, 2.45) is 5.92 Å². The Kier molecular flexibility index (Phi) is 5.53. The first kappa shape index (κ1) is 19.5. The Morgan fingerprint density at radius 2 is 2.04 bits per heavy atom. The number of nitrogens with zero attached hydrogens (tertiary/aromatic N) is 1. The van der Waals surface area contributed by atoms with Gasteiger partial charge in [-0.05, 0) is 43.2 Å². The van der Waals surface area contributed by atoms with E-state index in [2.05, 4.69) is 5.32 Å². The molecule has 2 aromatic rings. The van der Waals surface area contributed by atoms with Crippen LogP contribution in [0.25, 0.3) is 0 Å². The number of amides is 1. The van der Waals surface area contributed by atoms with Crippen LogP contribution in [-0.2, 0) is 21.4 Å². The predicted octanol–water partition coefficient (Wildman–Crippen LogP) is 4.09. The highest BCUT2D eigenvalue weighted by atomic mass is 32.2. The molecule has 1 saturated carbocycles. The molecule has 0 saturated heterocycles. The first-order valence-corrected chi connectivity index (χ1v) is 12.0. The number of rotatable bonds is 5. The monoisotopic (exact) mass is 420 g/mol. The SMILES string of the molecule is CC1CSc2ccc(S(=O)(=O)N(Cc3ccco3)C3CCCC3)cc2NC1=O. The highest BCUT2D eigenvalue weighted by Crippen LogP contribution is 2.36. The third-order valence-corrected chi connectivity index (χ3v) is 8.60. The highest BCUT2D eigenvalue weighted by molar-refractivity contribution is 7.99. The van der Waals surface area contributed by atoms with Crippen LogP contribution < -0.4 is 5.32 Å². The van der Waals surface area contributed by atoms with Crippen molar-refractivity contribution in [2.45, 2.75) is 55.0 Å². The quantitative estimate of drug-likeness (QED) is 0.788. The molecule has 1 atom stereocenters. The zero-order chi connectivity index (χ0) is 19.7. The van der Waals surface area contributed by atoms with E-state index < -0.39 is 10.0 Å². The first-order chi connectivity index (χ1) is 13.4. The summed E-state index contributed by atoms with van der Waals surface area (Å²) >= 11 is 1.57. The lowest BCUT2D eigenvalue weighted by molar-refractivity contribution is -0.118. The molecule has 6 nitrogen and oxygen atoms in total. The number of carbonyl (C=O) groups is 1. The molecule has 28 heavy (non-hydrogen) atoms. The predicted molar refractivity (Wildman–Crippen MR) is 109 cm³/mol. The molecular formula is C20H24N2O4S2. The molecule has 0 spiro atoms. The van der Waals surface area contributed by atoms with Gasteiger partial charge in [0.1, 0.15) is 5.76 Å². The summed E-state index contributed by atoms with van der Waals surface area (Å²) in [5.41, 5.74) is 0.574. The molecular weight excluding hydrogens is 396 g/mol. The number of fused-ring (bicyclic) bond motifs is 1. The van der Waals surface area contributed by atoms with Crippen molar-refractivity contribution in [2.75, 3.05) is 11.1 Å². The number of anilines is 1. The molecule has 8 heteroatoms. The topological polar surface area (TPSA) is 79.6 Å². The number of benzene rings is 1. The largest absolute Gasteiger partial charge is 0.468 e. The molecule has 2 aliphatic rings. The van der Waals surface area contributed by atoms with Crippen LogP contribution in [0.15, 0.2) is 50.8 Å². The van der Waals surface area contributed by atoms with E-state index in [0.717, 1.165) is 30.6 Å². The number of sulfonamides is 1. The molecule has 1 N–H and O–H groups in total. The number of carbonyl (C=O) groups excluding carboxylic acids is 1. The summed E-state index contributed by atoms with van der Waals surface area (Å²) in [6.45, 7) is 2.09. The molecule has 1 aromatic carbocycles. The Morgan fingerprint density at radius 3 is 2.75 bits per heavy atom. The summed E-state index contributed by atoms with van der Waals surface area (Å²) in [6, 6.07) is 8.58. The zero-order valence-corrected chi connectivity index (χ0v) is 17.4. The lowest BCUT2D eigenvalue weighted by Gasteiger charge is -2.27. The van der Waals surface area contributed by atoms with E-state index in [4.69, 9.17) is 4.42 Å². The molecule has 1 amide bonds. The normalized spacial score (nSPS) is 20.8. The summed E-state index contributed by atoms with van der Waals surface area (Å²) in [6.07, 6.45) is 5.34. The molecule has 4 rings (SSSR count). The van der Waals surface area contributed by atoms with Gasteiger partial charge in [0.15, 0.2) is 0 Å². The van der Waals surface area contributed by atoms with Crippen LogP contribution in [0, 0.1) is 5.92 Å². The van der Waals surface area contributed by atoms with Crippen molar-refractivity contribution in [3.63, 3.8) is 0 Å². The third-order valence-electron chi connectivity index (χ3n) is 5.38. The van der Waals surface area contributed by atoms with E-state index >= 15 is 0 Å². The van der Waals surface area contributed by atoms with E-state index in [1.165, 1.54) is 0 Å². The second-order valence-corrected chi connectivity index (χ2v) is 10.4. The zero-order valence-electron chi connectivity index (χ0n) is 15.8. The second-order valence-electron chi connectivity index (χ2n) is 7.43. The van der Waals surface area contributed by atoms with Gasteiger partial charge in [0.05, 0.1) is 23.4 Å². The minimum atomic E-state index is -3.72. The van der Waals surface area contributed by atoms with E-state index in [1.807, 2.05) is 6.92 Å². The van der Waals surface area contributed by atoms with Crippen molar-refractivity contribution in [3.8, 4) is 0 Å². The molecule has 1 unspecified atom stereocenters. The van der Waals surface area contributed by atoms with Crippen LogP contribution in [-0.4, -0.2) is 30.4 Å². The average molecular weight is 421 g/mol. The van der Waals surface area contributed by atoms with Crippen LogP contribution in [0.2, 0.25) is 0 Å². The third kappa shape index (κ3) is 3.86. The van der Waals surface area contributed by atoms with Gasteiger partial charge in [-0.2, -0.15) is 4.31 Å². The van der Waals surface area contributed by atoms with Crippen LogP contribution in [0.3, 0.4) is 0 Å². The van der Waals surface area contributed by atoms with Gasteiger partial charge in [-0.25, -0.2) is 8.42 Å². The van der Waals surface area contributed by atoms with Crippen molar-refractivity contribution >= 4 is 33.4 Å². The van der Waals surface area contributed by atoms with Crippen molar-refractivity contribution in [1.82, 2.24) is 4.31 Å². The van der Waals surface area contributed by atoms with Gasteiger partial charge in [-0.1, -0.05) is 19.8 Å². The number of furan rings is 1. The molecule has 2 heterocycles. The van der Waals surface area contributed by atoms with Crippen molar-refractivity contribution in [1.29, 1.82) is 0 Å². The van der Waals surface area contributed by atoms with Gasteiger partial charge in [-0.15, -0.1) is 11.8 Å². The Labute approximate surface area is 169 Å². The van der Waals surface area contributed by atoms with Crippen LogP contribution >= 0.6 is 11.8 Å². The van der Waals surface area contributed by atoms with Crippen molar-refractivity contribution < 1.29 is 17.6 Å². The van der Waals surface area contributed by atoms with Crippen LogP contribution in [0.5, 0.6) is 0 Å². The number of hydrogen-bond acceptors (Lipinski definition) is 5. The summed E-state index contributed by atoms with van der Waals surface area (Å²) in [5, 5.41) is 2.88. The minimum Gasteiger partial charge on any atom is -0.468 e. The highest BCUT2D eigenvalue weighted by Gasteiger charge is 2.34. The number of nitrogens with one attached hydrogen (secondary N) is 1. The van der Waals surface area contributed by atoms with E-state index in [0.29, 0.717) is 17.2 Å². The van der Waals surface area contributed by atoms with Crippen molar-refractivity contribution in [3.05, 3.63) is 42.4 Å². The van der Waals surface area contributed by atoms with Crippen LogP contribution in [0.4, 0.5) is 5.69 Å². The first-order valence-electron chi connectivity index (χ1n) is 9.57. The smallest absolute Gasteiger partial charge is 0.243 e. The molecule has 1 fully saturated rings. The minimum absolute atomic E-state index is 0.0297. The van der Waals surface area contributed by atoms with Gasteiger partial charge < -0.3 is 9.73 Å². The molecule has 150 valence electrons. The summed E-state index contributed by atoms with van der Waals surface area (Å²) in [7, 11) is -3.72. The maximum atomic E-state index is 13.5. The average Bonchev–Trinajstić information content (AvgIpc) is 3.36. The fourth-order valence-corrected chi connectivity index (χ4v) is 6.42. The Hall–Kier alpha value is -1.77. The summed E-state index contributed by atoms with van der Waals surface area (Å²) in [5.74, 6) is 1.11. The fraction of sp³-hybridized carbons (Fsp3) is 0.450. The number of thioether (sulfide) groups is 1. The van der Waals surface area contributed by atoms with Gasteiger partial charge in [0, 0.05) is 22.6 Å². The Bertz CT molecular complexity index is 951. The second kappa shape index (κ2) is 7.93. The van der Waals surface area contributed by atoms with Gasteiger partial charge >= 0.3 is 0 Å². The van der Waals surface area contributed by atoms with Crippen LogP contribution in [0.1, 0.15) is 38.4 Å². The fourth-order valence-electron chi connectivity index (χ4n) is 3.73. The molecule has 0 radical (unpaired) electrons. The molecule has 1 aromatic heterocycles. The summed E-state index contributed by atoms with van der Waals surface area (Å²) in [4.78, 5) is 13.3. The lowest BCUT2D eigenvalue weighted by atomic mass is 10.2. The van der Waals surface area contributed by atoms with E-state index in [9.17, 15) is 13.2 Å². The Balaban J connectivity index is 1.69. The molecule has 1 aliphatic heterocycles. The lowest BCUT2D eigenvalue weighted by Crippen LogP contribution is -2.38. The van der Waals surface area contributed by atoms with Gasteiger partial charge in [0.25, 0.3) is 0 Å². The molecule has 0 bridgehead atoms. The summed E-state index contributed by atoms with van der Waals surface area (Å²) < 4.78 is 34.0. The van der Waals surface area contributed by atoms with Gasteiger partial charge in [-0.3, -0.25) is 4.79 Å². The Morgan fingerprint density at radius 1 is 1.25 bits per heavy atom. The van der Waals surface area contributed by atoms with E-state index in [-0.39, 0.29) is 29.3 Å². The van der Waals surface area contributed by atoms with Gasteiger partial charge in [0.2, 0.25) is 15.9 Å². The standard InChI is InChI=1S/C20H24N2O4S2/c1-14-13-27-19-9-8-17(11-18(19)21-20(14)23)28(24,25)22(15-5-2-3-6-15)12-16-7-4-10-26-16/h4,7-11,14-15H,2-3,5-6,12-13H2,1H3,(H,21,23). The maximum absolute atomic E-state index is 13.5. The van der Waals surface area contributed by atoms with E-state index in [1.54, 1.807) is 52.7 Å². The number of hydrogen-bond donors (Lipinski definition) is 1. The maximum Gasteiger partial charge on any atom is 0.243 e.